The average Bonchev–Trinajstić information content (AvgIpc) is 2.24. The summed E-state index contributed by atoms with van der Waals surface area (Å²) in [4.78, 5) is 30.8. The molecule has 0 aliphatic heterocycles. The molecule has 0 unspecified atom stereocenters. The Labute approximate surface area is 114 Å². The Morgan fingerprint density at radius 2 is 0.727 bits per heavy atom. The number of hydrogen-bond acceptors (Lipinski definition) is 6. The molecule has 0 atom stereocenters. The first kappa shape index (κ1) is 20.2. The normalized spacial score (nSPS) is 12.8. The van der Waals surface area contributed by atoms with Crippen LogP contribution in [0.5, 0.6) is 0 Å². The van der Waals surface area contributed by atoms with E-state index in [4.69, 9.17) is 0 Å². The molecule has 0 saturated carbocycles. The van der Waals surface area contributed by atoms with Gasteiger partial charge in [0.1, 0.15) is 0 Å². The third kappa shape index (κ3) is 6.78. The monoisotopic (exact) mass is 370 g/mol. The first-order valence-electron chi connectivity index (χ1n) is 4.22. The van der Waals surface area contributed by atoms with Crippen LogP contribution in [0.25, 0.3) is 0 Å². The van der Waals surface area contributed by atoms with Crippen LogP contribution in [0.3, 0.4) is 0 Å². The minimum absolute atomic E-state index is 2.96. The zero-order chi connectivity index (χ0) is 17.9. The molecule has 0 aromatic rings. The number of carbonyl (C=O) groups excluding carboxylic acids is 3. The zero-order valence-electron chi connectivity index (χ0n) is 9.30. The fraction of sp³-hybridized carbons (Fsp3) is 0.500. The Morgan fingerprint density at radius 3 is 0.864 bits per heavy atom. The standard InChI is InChI=1S/C6F9O6P/c7-4(8,9)1(16)19-22(20-2(17)5(10,11)12)21-3(18)6(13,14)15. The fourth-order valence-electron chi connectivity index (χ4n) is 0.414. The summed E-state index contributed by atoms with van der Waals surface area (Å²) >= 11 is 0. The first-order valence-corrected chi connectivity index (χ1v) is 5.32. The van der Waals surface area contributed by atoms with Gasteiger partial charge in [0, 0.05) is 0 Å². The highest BCUT2D eigenvalue weighted by Crippen LogP contribution is 2.45. The molecule has 22 heavy (non-hydrogen) atoms. The van der Waals surface area contributed by atoms with Crippen LogP contribution < -0.4 is 0 Å². The average molecular weight is 370 g/mol. The summed E-state index contributed by atoms with van der Waals surface area (Å²) in [5.41, 5.74) is 0. The molecule has 0 aliphatic carbocycles. The molecule has 16 heteroatoms. The fourth-order valence-corrected chi connectivity index (χ4v) is 1.24. The molecule has 0 radical (unpaired) electrons. The maximum atomic E-state index is 11.8. The molecule has 0 aliphatic rings. The highest BCUT2D eigenvalue weighted by Gasteiger charge is 2.51. The van der Waals surface area contributed by atoms with Gasteiger partial charge in [-0.2, -0.15) is 39.5 Å². The number of rotatable bonds is 3. The van der Waals surface area contributed by atoms with Crippen molar-refractivity contribution in [3.05, 3.63) is 0 Å². The van der Waals surface area contributed by atoms with Crippen molar-refractivity contribution in [3.63, 3.8) is 0 Å². The van der Waals surface area contributed by atoms with E-state index < -0.39 is 45.0 Å². The van der Waals surface area contributed by atoms with Crippen molar-refractivity contribution >= 4 is 26.5 Å². The van der Waals surface area contributed by atoms with Gasteiger partial charge in [-0.1, -0.05) is 0 Å². The first-order chi connectivity index (χ1) is 9.55. The van der Waals surface area contributed by atoms with Gasteiger partial charge in [0.15, 0.2) is 0 Å². The quantitative estimate of drug-likeness (QED) is 0.561. The van der Waals surface area contributed by atoms with Gasteiger partial charge in [0.25, 0.3) is 0 Å². The number of alkyl halides is 9. The lowest BCUT2D eigenvalue weighted by Crippen LogP contribution is -2.30. The van der Waals surface area contributed by atoms with Crippen molar-refractivity contribution in [2.24, 2.45) is 0 Å². The van der Waals surface area contributed by atoms with Gasteiger partial charge < -0.3 is 13.6 Å². The van der Waals surface area contributed by atoms with E-state index in [1.165, 1.54) is 0 Å². The largest absolute Gasteiger partial charge is 0.537 e. The van der Waals surface area contributed by atoms with E-state index in [9.17, 15) is 53.9 Å². The molecule has 0 aromatic carbocycles. The van der Waals surface area contributed by atoms with Gasteiger partial charge in [-0.15, -0.1) is 0 Å². The van der Waals surface area contributed by atoms with Crippen molar-refractivity contribution in [3.8, 4) is 0 Å². The topological polar surface area (TPSA) is 78.9 Å². The number of carbonyl (C=O) groups is 3. The van der Waals surface area contributed by atoms with E-state index in [-0.39, 0.29) is 0 Å². The Bertz CT molecular complexity index is 384. The van der Waals surface area contributed by atoms with E-state index in [0.717, 1.165) is 0 Å². The lowest BCUT2D eigenvalue weighted by Gasteiger charge is -2.16. The molecule has 0 saturated heterocycles. The highest BCUT2D eigenvalue weighted by molar-refractivity contribution is 7.43. The minimum Gasteiger partial charge on any atom is -0.368 e. The van der Waals surface area contributed by atoms with Gasteiger partial charge in [-0.05, 0) is 0 Å². The van der Waals surface area contributed by atoms with Crippen LogP contribution >= 0.6 is 8.60 Å². The molecular formula is C6F9O6P. The van der Waals surface area contributed by atoms with E-state index in [2.05, 4.69) is 13.6 Å². The molecule has 0 amide bonds. The van der Waals surface area contributed by atoms with Crippen molar-refractivity contribution in [1.82, 2.24) is 0 Å². The van der Waals surface area contributed by atoms with E-state index in [0.29, 0.717) is 0 Å². The van der Waals surface area contributed by atoms with Crippen molar-refractivity contribution < 1.29 is 67.5 Å². The summed E-state index contributed by atoms with van der Waals surface area (Å²) in [5.74, 6) is -10.0. The Hall–Kier alpha value is -1.79. The van der Waals surface area contributed by atoms with Crippen molar-refractivity contribution in [2.45, 2.75) is 18.5 Å². The van der Waals surface area contributed by atoms with Gasteiger partial charge >= 0.3 is 45.0 Å². The zero-order valence-corrected chi connectivity index (χ0v) is 10.2. The van der Waals surface area contributed by atoms with Crippen LogP contribution in [0.4, 0.5) is 39.5 Å². The maximum Gasteiger partial charge on any atom is 0.537 e. The number of hydrogen-bond donors (Lipinski definition) is 0. The molecule has 0 fully saturated rings. The molecule has 0 bridgehead atoms. The lowest BCUT2D eigenvalue weighted by molar-refractivity contribution is -0.200. The van der Waals surface area contributed by atoms with Gasteiger partial charge in [0.05, 0.1) is 0 Å². The summed E-state index contributed by atoms with van der Waals surface area (Å²) in [6, 6.07) is 0. The molecular weight excluding hydrogens is 370 g/mol. The Balaban J connectivity index is 5.12. The summed E-state index contributed by atoms with van der Waals surface area (Å²) in [6.07, 6.45) is -17.6. The van der Waals surface area contributed by atoms with Crippen LogP contribution in [0.1, 0.15) is 0 Å². The minimum atomic E-state index is -5.87. The van der Waals surface area contributed by atoms with Crippen molar-refractivity contribution in [2.75, 3.05) is 0 Å². The van der Waals surface area contributed by atoms with Crippen LogP contribution in [0.15, 0.2) is 0 Å². The van der Waals surface area contributed by atoms with E-state index in [1.807, 2.05) is 0 Å². The van der Waals surface area contributed by atoms with Crippen LogP contribution in [-0.2, 0) is 28.0 Å². The number of halogens is 9. The Kier molecular flexibility index (Phi) is 6.01. The lowest BCUT2D eigenvalue weighted by atomic mass is 10.7. The maximum absolute atomic E-state index is 11.8. The predicted molar refractivity (Wildman–Crippen MR) is 43.4 cm³/mol. The van der Waals surface area contributed by atoms with Gasteiger partial charge in [-0.3, -0.25) is 0 Å². The second kappa shape index (κ2) is 6.54. The second-order valence-corrected chi connectivity index (χ2v) is 3.85. The van der Waals surface area contributed by atoms with Crippen LogP contribution in [-0.4, -0.2) is 36.4 Å². The summed E-state index contributed by atoms with van der Waals surface area (Å²) in [5, 5.41) is 0. The molecule has 0 rings (SSSR count). The van der Waals surface area contributed by atoms with E-state index in [1.54, 1.807) is 0 Å². The smallest absolute Gasteiger partial charge is 0.368 e. The summed E-state index contributed by atoms with van der Waals surface area (Å²) in [7, 11) is -4.58. The van der Waals surface area contributed by atoms with Crippen LogP contribution in [0, 0.1) is 0 Å². The molecule has 128 valence electrons. The van der Waals surface area contributed by atoms with Gasteiger partial charge in [-0.25, -0.2) is 14.4 Å². The third-order valence-corrected chi connectivity index (χ3v) is 2.11. The Morgan fingerprint density at radius 1 is 0.545 bits per heavy atom. The molecule has 6 nitrogen and oxygen atoms in total. The molecule has 0 heterocycles. The highest BCUT2D eigenvalue weighted by atomic mass is 31.2. The van der Waals surface area contributed by atoms with Crippen molar-refractivity contribution in [1.29, 1.82) is 0 Å². The molecule has 0 aromatic heterocycles. The second-order valence-electron chi connectivity index (χ2n) is 2.85. The van der Waals surface area contributed by atoms with Crippen LogP contribution in [0.2, 0.25) is 0 Å². The third-order valence-electron chi connectivity index (χ3n) is 1.17. The summed E-state index contributed by atoms with van der Waals surface area (Å²) < 4.78 is 115. The predicted octanol–water partition coefficient (Wildman–Crippen LogP) is 2.53. The SMILES string of the molecule is O=C(OP(OC(=O)C(F)(F)F)OC(=O)C(F)(F)F)C(F)(F)F. The van der Waals surface area contributed by atoms with E-state index >= 15 is 0 Å². The molecule has 0 N–H and O–H groups in total. The summed E-state index contributed by atoms with van der Waals surface area (Å²) in [6.45, 7) is 0. The van der Waals surface area contributed by atoms with Gasteiger partial charge in [0.2, 0.25) is 0 Å². The molecule has 0 spiro atoms.